The predicted octanol–water partition coefficient (Wildman–Crippen LogP) is 2.06. The first-order valence-corrected chi connectivity index (χ1v) is 8.05. The van der Waals surface area contributed by atoms with Gasteiger partial charge in [-0.3, -0.25) is 5.32 Å². The summed E-state index contributed by atoms with van der Waals surface area (Å²) in [5.41, 5.74) is 2.47. The van der Waals surface area contributed by atoms with Gasteiger partial charge < -0.3 is 10.6 Å². The fourth-order valence-electron chi connectivity index (χ4n) is 2.57. The lowest BCUT2D eigenvalue weighted by Gasteiger charge is -2.14. The molecule has 6 heteroatoms. The molecule has 5 nitrogen and oxygen atoms in total. The van der Waals surface area contributed by atoms with Crippen molar-refractivity contribution in [2.45, 2.75) is 32.1 Å². The average molecular weight is 292 g/mol. The van der Waals surface area contributed by atoms with E-state index in [0.29, 0.717) is 6.54 Å². The van der Waals surface area contributed by atoms with Crippen LogP contribution in [0.15, 0.2) is 11.6 Å². The van der Waals surface area contributed by atoms with E-state index in [4.69, 9.17) is 0 Å². The number of nitrogens with one attached hydrogen (secondary N) is 3. The van der Waals surface area contributed by atoms with Crippen molar-refractivity contribution in [1.29, 1.82) is 0 Å². The number of urea groups is 1. The monoisotopic (exact) mass is 292 g/mol. The van der Waals surface area contributed by atoms with Gasteiger partial charge in [0.1, 0.15) is 0 Å². The molecule has 0 saturated carbocycles. The third kappa shape index (κ3) is 3.37. The van der Waals surface area contributed by atoms with E-state index in [2.05, 4.69) is 27.0 Å². The minimum absolute atomic E-state index is 0.157. The highest BCUT2D eigenvalue weighted by atomic mass is 32.1. The number of aromatic nitrogens is 1. The van der Waals surface area contributed by atoms with Crippen LogP contribution >= 0.6 is 11.3 Å². The van der Waals surface area contributed by atoms with Crippen LogP contribution in [0.2, 0.25) is 0 Å². The van der Waals surface area contributed by atoms with Crippen molar-refractivity contribution in [3.05, 3.63) is 22.2 Å². The standard InChI is InChI=1S/C14H20N4OS/c19-13(16-9-10-5-7-15-8-6-10)18-14-17-11-3-1-2-4-12(11)20-14/h5,15H,1-4,6-9H2,(H2,16,17,18,19). The summed E-state index contributed by atoms with van der Waals surface area (Å²) in [6.07, 6.45) is 7.76. The summed E-state index contributed by atoms with van der Waals surface area (Å²) in [6.45, 7) is 2.52. The highest BCUT2D eigenvalue weighted by Gasteiger charge is 2.16. The fraction of sp³-hybridized carbons (Fsp3) is 0.571. The largest absolute Gasteiger partial charge is 0.334 e. The summed E-state index contributed by atoms with van der Waals surface area (Å²) in [7, 11) is 0. The summed E-state index contributed by atoms with van der Waals surface area (Å²) in [5, 5.41) is 9.74. The molecule has 3 N–H and O–H groups in total. The van der Waals surface area contributed by atoms with Gasteiger partial charge in [0.15, 0.2) is 5.13 Å². The predicted molar refractivity (Wildman–Crippen MR) is 81.3 cm³/mol. The van der Waals surface area contributed by atoms with Crippen molar-refractivity contribution in [2.75, 3.05) is 25.0 Å². The molecule has 0 radical (unpaired) electrons. The Labute approximate surface area is 122 Å². The Bertz CT molecular complexity index is 500. The third-order valence-corrected chi connectivity index (χ3v) is 4.77. The van der Waals surface area contributed by atoms with Gasteiger partial charge >= 0.3 is 6.03 Å². The number of carbonyl (C=O) groups is 1. The molecule has 0 fully saturated rings. The smallest absolute Gasteiger partial charge is 0.321 e. The van der Waals surface area contributed by atoms with Crippen LogP contribution in [-0.4, -0.2) is 30.6 Å². The van der Waals surface area contributed by atoms with E-state index in [9.17, 15) is 4.79 Å². The van der Waals surface area contributed by atoms with Crippen LogP contribution in [-0.2, 0) is 12.8 Å². The van der Waals surface area contributed by atoms with Crippen LogP contribution in [0.25, 0.3) is 0 Å². The van der Waals surface area contributed by atoms with Crippen molar-refractivity contribution in [2.24, 2.45) is 0 Å². The van der Waals surface area contributed by atoms with E-state index >= 15 is 0 Å². The quantitative estimate of drug-likeness (QED) is 0.747. The number of thiazole rings is 1. The van der Waals surface area contributed by atoms with Crippen molar-refractivity contribution in [3.63, 3.8) is 0 Å². The number of anilines is 1. The van der Waals surface area contributed by atoms with Gasteiger partial charge in [0.2, 0.25) is 0 Å². The van der Waals surface area contributed by atoms with E-state index in [0.717, 1.165) is 37.5 Å². The Morgan fingerprint density at radius 1 is 1.35 bits per heavy atom. The van der Waals surface area contributed by atoms with Gasteiger partial charge in [-0.25, -0.2) is 9.78 Å². The fourth-order valence-corrected chi connectivity index (χ4v) is 3.62. The van der Waals surface area contributed by atoms with Gasteiger partial charge in [-0.05, 0) is 38.6 Å². The molecule has 1 aliphatic carbocycles. The molecular weight excluding hydrogens is 272 g/mol. The zero-order chi connectivity index (χ0) is 13.8. The Morgan fingerprint density at radius 2 is 2.25 bits per heavy atom. The van der Waals surface area contributed by atoms with Gasteiger partial charge in [-0.15, -0.1) is 11.3 Å². The van der Waals surface area contributed by atoms with Crippen LogP contribution in [0.4, 0.5) is 9.93 Å². The highest BCUT2D eigenvalue weighted by Crippen LogP contribution is 2.29. The zero-order valence-corrected chi connectivity index (χ0v) is 12.3. The normalized spacial score (nSPS) is 18.1. The molecular formula is C14H20N4OS. The minimum atomic E-state index is -0.157. The molecule has 2 aliphatic rings. The Balaban J connectivity index is 1.51. The van der Waals surface area contributed by atoms with Gasteiger partial charge in [0.05, 0.1) is 5.69 Å². The molecule has 0 spiro atoms. The molecule has 20 heavy (non-hydrogen) atoms. The number of nitrogens with zero attached hydrogens (tertiary/aromatic N) is 1. The maximum absolute atomic E-state index is 11.9. The number of hydrogen-bond donors (Lipinski definition) is 3. The third-order valence-electron chi connectivity index (χ3n) is 3.70. The molecule has 0 aromatic carbocycles. The first-order chi connectivity index (χ1) is 9.81. The molecule has 0 unspecified atom stereocenters. The van der Waals surface area contributed by atoms with Crippen LogP contribution in [0.1, 0.15) is 29.8 Å². The molecule has 2 heterocycles. The molecule has 3 rings (SSSR count). The summed E-state index contributed by atoms with van der Waals surface area (Å²) in [5.74, 6) is 0. The SMILES string of the molecule is O=C(NCC1=CCNCC1)Nc1nc2c(s1)CCCC2. The van der Waals surface area contributed by atoms with E-state index in [1.807, 2.05) is 0 Å². The Kier molecular flexibility index (Phi) is 4.32. The van der Waals surface area contributed by atoms with Gasteiger partial charge in [0, 0.05) is 18.0 Å². The van der Waals surface area contributed by atoms with E-state index in [-0.39, 0.29) is 6.03 Å². The highest BCUT2D eigenvalue weighted by molar-refractivity contribution is 7.15. The average Bonchev–Trinajstić information content (AvgIpc) is 2.88. The Hall–Kier alpha value is -1.40. The number of carbonyl (C=O) groups excluding carboxylic acids is 1. The molecule has 1 aliphatic heterocycles. The number of hydrogen-bond acceptors (Lipinski definition) is 4. The molecule has 1 aromatic heterocycles. The summed E-state index contributed by atoms with van der Waals surface area (Å²) in [6, 6.07) is -0.157. The molecule has 0 saturated heterocycles. The lowest BCUT2D eigenvalue weighted by atomic mass is 10.0. The number of amides is 2. The van der Waals surface area contributed by atoms with Gasteiger partial charge in [-0.2, -0.15) is 0 Å². The second-order valence-corrected chi connectivity index (χ2v) is 6.30. The van der Waals surface area contributed by atoms with Crippen molar-refractivity contribution >= 4 is 22.5 Å². The van der Waals surface area contributed by atoms with E-state index in [1.54, 1.807) is 11.3 Å². The van der Waals surface area contributed by atoms with Crippen molar-refractivity contribution in [3.8, 4) is 0 Å². The van der Waals surface area contributed by atoms with Gasteiger partial charge in [0.25, 0.3) is 0 Å². The topological polar surface area (TPSA) is 66.1 Å². The summed E-state index contributed by atoms with van der Waals surface area (Å²) >= 11 is 1.62. The maximum Gasteiger partial charge on any atom is 0.321 e. The summed E-state index contributed by atoms with van der Waals surface area (Å²) in [4.78, 5) is 17.7. The molecule has 1 aromatic rings. The van der Waals surface area contributed by atoms with Crippen LogP contribution < -0.4 is 16.0 Å². The lowest BCUT2D eigenvalue weighted by Crippen LogP contribution is -2.32. The van der Waals surface area contributed by atoms with Gasteiger partial charge in [-0.1, -0.05) is 11.6 Å². The lowest BCUT2D eigenvalue weighted by molar-refractivity contribution is 0.252. The van der Waals surface area contributed by atoms with Crippen LogP contribution in [0, 0.1) is 0 Å². The minimum Gasteiger partial charge on any atom is -0.334 e. The number of rotatable bonds is 3. The number of aryl methyl sites for hydroxylation is 2. The zero-order valence-electron chi connectivity index (χ0n) is 11.5. The Morgan fingerprint density at radius 3 is 3.05 bits per heavy atom. The van der Waals surface area contributed by atoms with Crippen LogP contribution in [0.5, 0.6) is 0 Å². The van der Waals surface area contributed by atoms with Crippen molar-refractivity contribution in [1.82, 2.24) is 15.6 Å². The van der Waals surface area contributed by atoms with E-state index < -0.39 is 0 Å². The van der Waals surface area contributed by atoms with Crippen LogP contribution in [0.3, 0.4) is 0 Å². The molecule has 0 atom stereocenters. The first-order valence-electron chi connectivity index (χ1n) is 7.23. The van der Waals surface area contributed by atoms with Crippen molar-refractivity contribution < 1.29 is 4.79 Å². The second-order valence-electron chi connectivity index (χ2n) is 5.22. The molecule has 108 valence electrons. The van der Waals surface area contributed by atoms with E-state index in [1.165, 1.54) is 29.0 Å². The number of fused-ring (bicyclic) bond motifs is 1. The maximum atomic E-state index is 11.9. The first kappa shape index (κ1) is 13.6. The molecule has 0 bridgehead atoms. The summed E-state index contributed by atoms with van der Waals surface area (Å²) < 4.78 is 0. The molecule has 2 amide bonds. The second kappa shape index (κ2) is 6.37.